The van der Waals surface area contributed by atoms with Crippen molar-refractivity contribution in [1.82, 2.24) is 4.90 Å². The lowest BCUT2D eigenvalue weighted by Gasteiger charge is -2.19. The second-order valence-electron chi connectivity index (χ2n) is 5.13. The number of anilines is 1. The van der Waals surface area contributed by atoms with Gasteiger partial charge in [-0.25, -0.2) is 0 Å². The molecule has 0 spiro atoms. The standard InChI is InChI=1S/C14H20BrN3O2/c1-2-17-8-3-4-12(7-9-17)16-13-6-5-11(15)10-14(13)18(19)20/h5-6,10,12,16H,2-4,7-9H2,1H3. The third-order valence-electron chi connectivity index (χ3n) is 3.78. The Bertz CT molecular complexity index is 481. The van der Waals surface area contributed by atoms with E-state index in [1.54, 1.807) is 12.1 Å². The van der Waals surface area contributed by atoms with Crippen LogP contribution in [0.15, 0.2) is 22.7 Å². The monoisotopic (exact) mass is 341 g/mol. The SMILES string of the molecule is CCN1CCCC(Nc2ccc(Br)cc2[N+](=O)[O-])CC1. The maximum absolute atomic E-state index is 11.1. The maximum atomic E-state index is 11.1. The number of benzene rings is 1. The number of hydrogen-bond donors (Lipinski definition) is 1. The topological polar surface area (TPSA) is 58.4 Å². The molecular weight excluding hydrogens is 322 g/mol. The van der Waals surface area contributed by atoms with Crippen molar-refractivity contribution >= 4 is 27.3 Å². The predicted molar refractivity (Wildman–Crippen MR) is 84.2 cm³/mol. The number of nitrogens with zero attached hydrogens (tertiary/aromatic N) is 2. The first-order valence-electron chi connectivity index (χ1n) is 7.03. The molecule has 0 amide bonds. The van der Waals surface area contributed by atoms with E-state index in [2.05, 4.69) is 33.1 Å². The Morgan fingerprint density at radius 3 is 2.95 bits per heavy atom. The highest BCUT2D eigenvalue weighted by molar-refractivity contribution is 9.10. The van der Waals surface area contributed by atoms with Gasteiger partial charge in [0, 0.05) is 23.1 Å². The van der Waals surface area contributed by atoms with Crippen molar-refractivity contribution in [2.45, 2.75) is 32.2 Å². The summed E-state index contributed by atoms with van der Waals surface area (Å²) in [6, 6.07) is 5.48. The quantitative estimate of drug-likeness (QED) is 0.670. The number of nitro groups is 1. The Balaban J connectivity index is 2.08. The third kappa shape index (κ3) is 3.93. The lowest BCUT2D eigenvalue weighted by atomic mass is 10.1. The predicted octanol–water partition coefficient (Wildman–Crippen LogP) is 3.64. The first-order chi connectivity index (χ1) is 9.60. The summed E-state index contributed by atoms with van der Waals surface area (Å²) >= 11 is 3.28. The molecule has 1 aliphatic rings. The molecule has 1 unspecified atom stereocenters. The molecule has 2 rings (SSSR count). The molecule has 1 aromatic rings. The summed E-state index contributed by atoms with van der Waals surface area (Å²) in [6.45, 7) is 5.42. The van der Waals surface area contributed by atoms with Gasteiger partial charge in [0.05, 0.1) is 4.92 Å². The van der Waals surface area contributed by atoms with E-state index in [9.17, 15) is 10.1 Å². The van der Waals surface area contributed by atoms with Gasteiger partial charge in [0.25, 0.3) is 5.69 Å². The summed E-state index contributed by atoms with van der Waals surface area (Å²) in [4.78, 5) is 13.2. The molecule has 1 heterocycles. The van der Waals surface area contributed by atoms with Crippen LogP contribution in [-0.4, -0.2) is 35.5 Å². The lowest BCUT2D eigenvalue weighted by molar-refractivity contribution is -0.384. The minimum Gasteiger partial charge on any atom is -0.377 e. The second kappa shape index (κ2) is 7.04. The molecule has 6 heteroatoms. The molecule has 20 heavy (non-hydrogen) atoms. The highest BCUT2D eigenvalue weighted by Gasteiger charge is 2.20. The normalized spacial score (nSPS) is 20.4. The second-order valence-corrected chi connectivity index (χ2v) is 6.04. The van der Waals surface area contributed by atoms with Crippen molar-refractivity contribution in [2.24, 2.45) is 0 Å². The highest BCUT2D eigenvalue weighted by atomic mass is 79.9. The summed E-state index contributed by atoms with van der Waals surface area (Å²) in [5, 5.41) is 14.5. The Morgan fingerprint density at radius 2 is 2.25 bits per heavy atom. The average molecular weight is 342 g/mol. The Labute approximate surface area is 127 Å². The number of likely N-dealkylation sites (tertiary alicyclic amines) is 1. The van der Waals surface area contributed by atoms with Crippen molar-refractivity contribution in [2.75, 3.05) is 25.0 Å². The molecule has 1 aromatic carbocycles. The molecule has 0 bridgehead atoms. The van der Waals surface area contributed by atoms with Crippen LogP contribution >= 0.6 is 15.9 Å². The van der Waals surface area contributed by atoms with E-state index in [0.717, 1.165) is 43.4 Å². The summed E-state index contributed by atoms with van der Waals surface area (Å²) in [5.41, 5.74) is 0.754. The van der Waals surface area contributed by atoms with Gasteiger partial charge in [-0.05, 0) is 44.5 Å². The zero-order valence-corrected chi connectivity index (χ0v) is 13.2. The van der Waals surface area contributed by atoms with Crippen molar-refractivity contribution in [3.05, 3.63) is 32.8 Å². The van der Waals surface area contributed by atoms with Crippen LogP contribution in [0.4, 0.5) is 11.4 Å². The van der Waals surface area contributed by atoms with Crippen LogP contribution in [0.1, 0.15) is 26.2 Å². The summed E-state index contributed by atoms with van der Waals surface area (Å²) in [5.74, 6) is 0. The van der Waals surface area contributed by atoms with Gasteiger partial charge < -0.3 is 10.2 Å². The van der Waals surface area contributed by atoms with Crippen LogP contribution in [0.2, 0.25) is 0 Å². The molecule has 1 saturated heterocycles. The Morgan fingerprint density at radius 1 is 1.45 bits per heavy atom. The first-order valence-corrected chi connectivity index (χ1v) is 7.82. The smallest absolute Gasteiger partial charge is 0.293 e. The van der Waals surface area contributed by atoms with Crippen LogP contribution in [0.25, 0.3) is 0 Å². The zero-order chi connectivity index (χ0) is 14.5. The van der Waals surface area contributed by atoms with Gasteiger partial charge in [0.2, 0.25) is 0 Å². The van der Waals surface area contributed by atoms with E-state index in [-0.39, 0.29) is 10.6 Å². The van der Waals surface area contributed by atoms with Crippen molar-refractivity contribution in [1.29, 1.82) is 0 Å². The average Bonchev–Trinajstić information content (AvgIpc) is 2.65. The number of halogens is 1. The van der Waals surface area contributed by atoms with Gasteiger partial charge in [0.15, 0.2) is 0 Å². The lowest BCUT2D eigenvalue weighted by Crippen LogP contribution is -2.26. The molecule has 5 nitrogen and oxygen atoms in total. The van der Waals surface area contributed by atoms with Gasteiger partial charge in [0.1, 0.15) is 5.69 Å². The van der Waals surface area contributed by atoms with Gasteiger partial charge in [-0.3, -0.25) is 10.1 Å². The van der Waals surface area contributed by atoms with Gasteiger partial charge in [-0.2, -0.15) is 0 Å². The van der Waals surface area contributed by atoms with Crippen molar-refractivity contribution < 1.29 is 4.92 Å². The number of rotatable bonds is 4. The summed E-state index contributed by atoms with van der Waals surface area (Å²) < 4.78 is 0.729. The molecule has 0 aromatic heterocycles. The summed E-state index contributed by atoms with van der Waals surface area (Å²) in [6.07, 6.45) is 3.22. The van der Waals surface area contributed by atoms with Crippen LogP contribution in [0.3, 0.4) is 0 Å². The molecule has 1 aliphatic heterocycles. The fourth-order valence-electron chi connectivity index (χ4n) is 2.61. The molecular formula is C14H20BrN3O2. The zero-order valence-electron chi connectivity index (χ0n) is 11.6. The maximum Gasteiger partial charge on any atom is 0.293 e. The molecule has 0 saturated carbocycles. The molecule has 1 fully saturated rings. The van der Waals surface area contributed by atoms with Gasteiger partial charge >= 0.3 is 0 Å². The van der Waals surface area contributed by atoms with Crippen LogP contribution in [-0.2, 0) is 0 Å². The largest absolute Gasteiger partial charge is 0.377 e. The van der Waals surface area contributed by atoms with Crippen LogP contribution < -0.4 is 5.32 Å². The number of nitrogens with one attached hydrogen (secondary N) is 1. The third-order valence-corrected chi connectivity index (χ3v) is 4.28. The fraction of sp³-hybridized carbons (Fsp3) is 0.571. The number of hydrogen-bond acceptors (Lipinski definition) is 4. The molecule has 110 valence electrons. The Hall–Kier alpha value is -1.14. The van der Waals surface area contributed by atoms with Crippen LogP contribution in [0.5, 0.6) is 0 Å². The fourth-order valence-corrected chi connectivity index (χ4v) is 2.96. The molecule has 1 N–H and O–H groups in total. The minimum atomic E-state index is -0.331. The van der Waals surface area contributed by atoms with Crippen molar-refractivity contribution in [3.63, 3.8) is 0 Å². The van der Waals surface area contributed by atoms with E-state index in [1.807, 2.05) is 6.07 Å². The van der Waals surface area contributed by atoms with E-state index >= 15 is 0 Å². The molecule has 0 radical (unpaired) electrons. The van der Waals surface area contributed by atoms with E-state index in [1.165, 1.54) is 0 Å². The van der Waals surface area contributed by atoms with Gasteiger partial charge in [-0.15, -0.1) is 0 Å². The van der Waals surface area contributed by atoms with Crippen LogP contribution in [0, 0.1) is 10.1 Å². The van der Waals surface area contributed by atoms with E-state index in [0.29, 0.717) is 11.7 Å². The summed E-state index contributed by atoms with van der Waals surface area (Å²) in [7, 11) is 0. The van der Waals surface area contributed by atoms with Gasteiger partial charge in [-0.1, -0.05) is 22.9 Å². The van der Waals surface area contributed by atoms with E-state index < -0.39 is 0 Å². The first kappa shape index (κ1) is 15.3. The highest BCUT2D eigenvalue weighted by Crippen LogP contribution is 2.29. The van der Waals surface area contributed by atoms with Crippen molar-refractivity contribution in [3.8, 4) is 0 Å². The molecule has 1 atom stereocenters. The van der Waals surface area contributed by atoms with E-state index in [4.69, 9.17) is 0 Å². The molecule has 0 aliphatic carbocycles. The number of nitro benzene ring substituents is 1. The minimum absolute atomic E-state index is 0.135. The Kier molecular flexibility index (Phi) is 5.37.